The Morgan fingerprint density at radius 2 is 1.90 bits per heavy atom. The van der Waals surface area contributed by atoms with Crippen LogP contribution in [0.3, 0.4) is 0 Å². The van der Waals surface area contributed by atoms with Crippen LogP contribution >= 0.6 is 11.8 Å². The molecule has 1 unspecified atom stereocenters. The molecule has 20 heavy (non-hydrogen) atoms. The van der Waals surface area contributed by atoms with E-state index in [0.29, 0.717) is 6.04 Å². The van der Waals surface area contributed by atoms with Crippen LogP contribution in [0.15, 0.2) is 29.2 Å². The third kappa shape index (κ3) is 5.98. The number of nitriles is 1. The SMILES string of the molecule is CNC(C)c1ccc(SCCCCC(C)(C)C#N)cc1. The summed E-state index contributed by atoms with van der Waals surface area (Å²) in [5.74, 6) is 1.13. The van der Waals surface area contributed by atoms with E-state index < -0.39 is 0 Å². The lowest BCUT2D eigenvalue weighted by molar-refractivity contribution is 0.433. The maximum absolute atomic E-state index is 8.96. The van der Waals surface area contributed by atoms with Crippen LogP contribution in [0.4, 0.5) is 0 Å². The van der Waals surface area contributed by atoms with Gasteiger partial charge >= 0.3 is 0 Å². The zero-order chi connectivity index (χ0) is 15.0. The summed E-state index contributed by atoms with van der Waals surface area (Å²) in [6, 6.07) is 11.6. The zero-order valence-electron chi connectivity index (χ0n) is 13.1. The van der Waals surface area contributed by atoms with Crippen LogP contribution < -0.4 is 5.32 Å². The van der Waals surface area contributed by atoms with E-state index >= 15 is 0 Å². The largest absolute Gasteiger partial charge is 0.313 e. The van der Waals surface area contributed by atoms with Crippen LogP contribution in [0.2, 0.25) is 0 Å². The Balaban J connectivity index is 2.28. The van der Waals surface area contributed by atoms with Gasteiger partial charge in [0, 0.05) is 10.9 Å². The summed E-state index contributed by atoms with van der Waals surface area (Å²) in [5, 5.41) is 12.2. The van der Waals surface area contributed by atoms with Crippen LogP contribution in [0.1, 0.15) is 51.6 Å². The predicted octanol–water partition coefficient (Wildman–Crippen LogP) is 4.78. The normalized spacial score (nSPS) is 12.9. The van der Waals surface area contributed by atoms with E-state index in [4.69, 9.17) is 5.26 Å². The molecule has 1 atom stereocenters. The number of hydrogen-bond acceptors (Lipinski definition) is 3. The Bertz CT molecular complexity index is 431. The molecular formula is C17H26N2S. The fraction of sp³-hybridized carbons (Fsp3) is 0.588. The molecule has 3 heteroatoms. The Morgan fingerprint density at radius 1 is 1.25 bits per heavy atom. The first kappa shape index (κ1) is 17.1. The fourth-order valence-corrected chi connectivity index (χ4v) is 2.85. The zero-order valence-corrected chi connectivity index (χ0v) is 13.9. The van der Waals surface area contributed by atoms with E-state index in [-0.39, 0.29) is 5.41 Å². The highest BCUT2D eigenvalue weighted by Gasteiger charge is 2.15. The highest BCUT2D eigenvalue weighted by atomic mass is 32.2. The summed E-state index contributed by atoms with van der Waals surface area (Å²) in [6.45, 7) is 6.20. The lowest BCUT2D eigenvalue weighted by atomic mass is 9.89. The summed E-state index contributed by atoms with van der Waals surface area (Å²) in [7, 11) is 1.98. The fourth-order valence-electron chi connectivity index (χ4n) is 1.93. The molecule has 0 saturated heterocycles. The van der Waals surface area contributed by atoms with E-state index in [9.17, 15) is 0 Å². The summed E-state index contributed by atoms with van der Waals surface area (Å²) >= 11 is 1.90. The molecule has 2 nitrogen and oxygen atoms in total. The van der Waals surface area contributed by atoms with Crippen LogP contribution in [0.25, 0.3) is 0 Å². The average Bonchev–Trinajstić information content (AvgIpc) is 2.46. The Morgan fingerprint density at radius 3 is 2.45 bits per heavy atom. The van der Waals surface area contributed by atoms with E-state index in [1.165, 1.54) is 16.9 Å². The van der Waals surface area contributed by atoms with Crippen LogP contribution in [-0.2, 0) is 0 Å². The minimum atomic E-state index is -0.171. The second-order valence-electron chi connectivity index (χ2n) is 5.88. The Kier molecular flexibility index (Phi) is 7.12. The van der Waals surface area contributed by atoms with E-state index in [0.717, 1.165) is 18.6 Å². The van der Waals surface area contributed by atoms with E-state index in [1.54, 1.807) is 0 Å². The van der Waals surface area contributed by atoms with Crippen LogP contribution in [0, 0.1) is 16.7 Å². The number of rotatable bonds is 8. The maximum atomic E-state index is 8.96. The monoisotopic (exact) mass is 290 g/mol. The van der Waals surface area contributed by atoms with Gasteiger partial charge in [0.15, 0.2) is 0 Å². The van der Waals surface area contributed by atoms with Crippen molar-refractivity contribution in [2.45, 2.75) is 51.0 Å². The van der Waals surface area contributed by atoms with Gasteiger partial charge in [0.1, 0.15) is 0 Å². The molecular weight excluding hydrogens is 264 g/mol. The minimum absolute atomic E-state index is 0.171. The molecule has 0 fully saturated rings. The lowest BCUT2D eigenvalue weighted by Crippen LogP contribution is -2.11. The van der Waals surface area contributed by atoms with Gasteiger partial charge in [-0.25, -0.2) is 0 Å². The minimum Gasteiger partial charge on any atom is -0.313 e. The molecule has 0 radical (unpaired) electrons. The van der Waals surface area contributed by atoms with Gasteiger partial charge in [-0.3, -0.25) is 0 Å². The summed E-state index contributed by atoms with van der Waals surface area (Å²) in [4.78, 5) is 1.33. The molecule has 0 aliphatic heterocycles. The first-order valence-electron chi connectivity index (χ1n) is 7.30. The molecule has 1 N–H and O–H groups in total. The standard InChI is InChI=1S/C17H26N2S/c1-14(19-4)15-7-9-16(10-8-15)20-12-6-5-11-17(2,3)13-18/h7-10,14,19H,5-6,11-12H2,1-4H3. The van der Waals surface area contributed by atoms with Crippen molar-refractivity contribution in [1.82, 2.24) is 5.32 Å². The smallest absolute Gasteiger partial charge is 0.0683 e. The Hall–Kier alpha value is -0.980. The van der Waals surface area contributed by atoms with Crippen molar-refractivity contribution in [3.05, 3.63) is 29.8 Å². The molecule has 0 spiro atoms. The summed E-state index contributed by atoms with van der Waals surface area (Å²) in [6.07, 6.45) is 3.29. The van der Waals surface area contributed by atoms with Crippen molar-refractivity contribution in [2.75, 3.05) is 12.8 Å². The van der Waals surface area contributed by atoms with Crippen molar-refractivity contribution in [3.63, 3.8) is 0 Å². The van der Waals surface area contributed by atoms with Gasteiger partial charge in [-0.15, -0.1) is 11.8 Å². The summed E-state index contributed by atoms with van der Waals surface area (Å²) in [5.41, 5.74) is 1.16. The number of hydrogen-bond donors (Lipinski definition) is 1. The molecule has 0 amide bonds. The molecule has 0 bridgehead atoms. The molecule has 1 aromatic carbocycles. The molecule has 1 rings (SSSR count). The predicted molar refractivity (Wildman–Crippen MR) is 87.9 cm³/mol. The number of nitrogens with one attached hydrogen (secondary N) is 1. The second kappa shape index (κ2) is 8.34. The lowest BCUT2D eigenvalue weighted by Gasteiger charge is -2.14. The van der Waals surface area contributed by atoms with Gasteiger partial charge in [-0.05, 0) is 64.1 Å². The van der Waals surface area contributed by atoms with Gasteiger partial charge in [-0.1, -0.05) is 18.6 Å². The van der Waals surface area contributed by atoms with Gasteiger partial charge < -0.3 is 5.32 Å². The van der Waals surface area contributed by atoms with Crippen molar-refractivity contribution in [3.8, 4) is 6.07 Å². The summed E-state index contributed by atoms with van der Waals surface area (Å²) < 4.78 is 0. The third-order valence-electron chi connectivity index (χ3n) is 3.58. The average molecular weight is 290 g/mol. The molecule has 0 heterocycles. The van der Waals surface area contributed by atoms with Crippen molar-refractivity contribution < 1.29 is 0 Å². The van der Waals surface area contributed by atoms with Gasteiger partial charge in [-0.2, -0.15) is 5.26 Å². The molecule has 1 aromatic rings. The quantitative estimate of drug-likeness (QED) is 0.553. The highest BCUT2D eigenvalue weighted by Crippen LogP contribution is 2.25. The number of unbranched alkanes of at least 4 members (excludes halogenated alkanes) is 1. The second-order valence-corrected chi connectivity index (χ2v) is 7.05. The van der Waals surface area contributed by atoms with Crippen molar-refractivity contribution in [2.24, 2.45) is 5.41 Å². The van der Waals surface area contributed by atoms with E-state index in [1.807, 2.05) is 32.7 Å². The van der Waals surface area contributed by atoms with Gasteiger partial charge in [0.2, 0.25) is 0 Å². The number of nitrogens with zero attached hydrogens (tertiary/aromatic N) is 1. The molecule has 0 aliphatic rings. The molecule has 0 saturated carbocycles. The number of benzene rings is 1. The van der Waals surface area contributed by atoms with Crippen LogP contribution in [0.5, 0.6) is 0 Å². The molecule has 110 valence electrons. The number of thioether (sulfide) groups is 1. The topological polar surface area (TPSA) is 35.8 Å². The van der Waals surface area contributed by atoms with Gasteiger partial charge in [0.25, 0.3) is 0 Å². The van der Waals surface area contributed by atoms with Crippen molar-refractivity contribution in [1.29, 1.82) is 5.26 Å². The first-order chi connectivity index (χ1) is 9.48. The maximum Gasteiger partial charge on any atom is 0.0683 e. The molecule has 0 aliphatic carbocycles. The highest BCUT2D eigenvalue weighted by molar-refractivity contribution is 7.99. The van der Waals surface area contributed by atoms with Crippen LogP contribution in [-0.4, -0.2) is 12.8 Å². The third-order valence-corrected chi connectivity index (χ3v) is 4.68. The van der Waals surface area contributed by atoms with Gasteiger partial charge in [0.05, 0.1) is 11.5 Å². The Labute approximate surface area is 128 Å². The van der Waals surface area contributed by atoms with E-state index in [2.05, 4.69) is 42.6 Å². The van der Waals surface area contributed by atoms with Crippen molar-refractivity contribution >= 4 is 11.8 Å². The molecule has 0 aromatic heterocycles. The first-order valence-corrected chi connectivity index (χ1v) is 8.28.